The predicted octanol–water partition coefficient (Wildman–Crippen LogP) is 1.76. The number of nitrogens with two attached hydrogens (primary N) is 1. The molecule has 2 unspecified atom stereocenters. The molecule has 0 aromatic rings. The average molecular weight is 272 g/mol. The van der Waals surface area contributed by atoms with E-state index in [1.807, 2.05) is 13.8 Å². The van der Waals surface area contributed by atoms with Crippen LogP contribution in [0.2, 0.25) is 0 Å². The number of carboxylic acids is 1. The third-order valence-electron chi connectivity index (χ3n) is 3.27. The number of amides is 1. The van der Waals surface area contributed by atoms with Gasteiger partial charge >= 0.3 is 5.97 Å². The van der Waals surface area contributed by atoms with Crippen LogP contribution in [0.25, 0.3) is 0 Å². The van der Waals surface area contributed by atoms with Gasteiger partial charge in [0, 0.05) is 6.42 Å². The van der Waals surface area contributed by atoms with Gasteiger partial charge in [-0.15, -0.1) is 0 Å². The average Bonchev–Trinajstić information content (AvgIpc) is 2.32. The van der Waals surface area contributed by atoms with Gasteiger partial charge in [0.05, 0.1) is 0 Å². The number of hydrogen-bond acceptors (Lipinski definition) is 3. The summed E-state index contributed by atoms with van der Waals surface area (Å²) in [4.78, 5) is 22.8. The minimum Gasteiger partial charge on any atom is -0.480 e. The van der Waals surface area contributed by atoms with E-state index in [1.165, 1.54) is 0 Å². The third kappa shape index (κ3) is 8.59. The van der Waals surface area contributed by atoms with E-state index in [1.54, 1.807) is 0 Å². The molecule has 5 nitrogen and oxygen atoms in total. The number of hydrogen-bond donors (Lipinski definition) is 3. The van der Waals surface area contributed by atoms with Gasteiger partial charge in [0.25, 0.3) is 0 Å². The van der Waals surface area contributed by atoms with E-state index in [0.29, 0.717) is 25.3 Å². The first kappa shape index (κ1) is 17.9. The van der Waals surface area contributed by atoms with Crippen molar-refractivity contribution < 1.29 is 14.7 Å². The molecule has 19 heavy (non-hydrogen) atoms. The van der Waals surface area contributed by atoms with Crippen molar-refractivity contribution >= 4 is 11.9 Å². The summed E-state index contributed by atoms with van der Waals surface area (Å²) in [5.74, 6) is -0.453. The van der Waals surface area contributed by atoms with Crippen molar-refractivity contribution in [3.8, 4) is 0 Å². The summed E-state index contributed by atoms with van der Waals surface area (Å²) in [6.07, 6.45) is 3.52. The first-order valence-corrected chi connectivity index (χ1v) is 7.12. The molecule has 1 amide bonds. The lowest BCUT2D eigenvalue weighted by molar-refractivity contribution is -0.142. The summed E-state index contributed by atoms with van der Waals surface area (Å²) in [5.41, 5.74) is 5.51. The molecule has 0 heterocycles. The van der Waals surface area contributed by atoms with Crippen LogP contribution in [-0.4, -0.2) is 29.6 Å². The molecule has 0 aliphatic heterocycles. The molecule has 0 aliphatic rings. The highest BCUT2D eigenvalue weighted by Crippen LogP contribution is 2.14. The van der Waals surface area contributed by atoms with Gasteiger partial charge in [-0.1, -0.05) is 27.2 Å². The molecular weight excluding hydrogens is 244 g/mol. The fourth-order valence-corrected chi connectivity index (χ4v) is 2.08. The number of aliphatic carboxylic acids is 1. The smallest absolute Gasteiger partial charge is 0.326 e. The Hall–Kier alpha value is -1.10. The molecule has 0 aromatic heterocycles. The molecule has 0 aromatic carbocycles. The normalized spacial score (nSPS) is 14.2. The first-order chi connectivity index (χ1) is 8.90. The third-order valence-corrected chi connectivity index (χ3v) is 3.27. The van der Waals surface area contributed by atoms with Gasteiger partial charge in [-0.2, -0.15) is 0 Å². The molecule has 0 radical (unpaired) electrons. The van der Waals surface area contributed by atoms with Gasteiger partial charge in [-0.05, 0) is 37.6 Å². The molecule has 0 bridgehead atoms. The molecular formula is C14H28N2O3. The summed E-state index contributed by atoms with van der Waals surface area (Å²) >= 11 is 0. The lowest BCUT2D eigenvalue weighted by Crippen LogP contribution is -2.41. The summed E-state index contributed by atoms with van der Waals surface area (Å²) in [5, 5.41) is 11.6. The van der Waals surface area contributed by atoms with Crippen LogP contribution in [0.1, 0.15) is 52.9 Å². The van der Waals surface area contributed by atoms with E-state index in [4.69, 9.17) is 10.8 Å². The number of carbonyl (C=O) groups excluding carboxylic acids is 1. The van der Waals surface area contributed by atoms with E-state index in [2.05, 4.69) is 12.2 Å². The number of carbonyl (C=O) groups is 2. The van der Waals surface area contributed by atoms with Crippen LogP contribution in [-0.2, 0) is 9.59 Å². The lowest BCUT2D eigenvalue weighted by Gasteiger charge is -2.18. The van der Waals surface area contributed by atoms with Gasteiger partial charge in [0.15, 0.2) is 0 Å². The van der Waals surface area contributed by atoms with E-state index < -0.39 is 12.0 Å². The zero-order chi connectivity index (χ0) is 14.8. The van der Waals surface area contributed by atoms with Gasteiger partial charge in [-0.25, -0.2) is 4.79 Å². The van der Waals surface area contributed by atoms with Crippen molar-refractivity contribution in [3.63, 3.8) is 0 Å². The molecule has 0 aliphatic carbocycles. The molecule has 112 valence electrons. The van der Waals surface area contributed by atoms with Crippen LogP contribution in [0.15, 0.2) is 0 Å². The molecule has 0 saturated carbocycles. The van der Waals surface area contributed by atoms with Crippen molar-refractivity contribution in [1.82, 2.24) is 5.32 Å². The molecule has 2 atom stereocenters. The second kappa shape index (κ2) is 9.78. The first-order valence-electron chi connectivity index (χ1n) is 7.12. The van der Waals surface area contributed by atoms with Gasteiger partial charge in [0.2, 0.25) is 5.91 Å². The fourth-order valence-electron chi connectivity index (χ4n) is 2.08. The molecule has 4 N–H and O–H groups in total. The Morgan fingerprint density at radius 1 is 1.26 bits per heavy atom. The molecule has 0 fully saturated rings. The summed E-state index contributed by atoms with van der Waals surface area (Å²) in [6.45, 7) is 6.59. The minimum absolute atomic E-state index is 0.177. The maximum atomic E-state index is 11.8. The predicted molar refractivity (Wildman–Crippen MR) is 75.7 cm³/mol. The van der Waals surface area contributed by atoms with Crippen molar-refractivity contribution in [1.29, 1.82) is 0 Å². The Labute approximate surface area is 115 Å². The van der Waals surface area contributed by atoms with Crippen LogP contribution in [0.3, 0.4) is 0 Å². The van der Waals surface area contributed by atoms with E-state index in [0.717, 1.165) is 19.3 Å². The second-order valence-corrected chi connectivity index (χ2v) is 5.48. The monoisotopic (exact) mass is 272 g/mol. The topological polar surface area (TPSA) is 92.4 Å². The van der Waals surface area contributed by atoms with E-state index >= 15 is 0 Å². The van der Waals surface area contributed by atoms with Crippen LogP contribution in [0.5, 0.6) is 0 Å². The van der Waals surface area contributed by atoms with E-state index in [9.17, 15) is 9.59 Å². The van der Waals surface area contributed by atoms with Crippen LogP contribution >= 0.6 is 0 Å². The second-order valence-electron chi connectivity index (χ2n) is 5.48. The van der Waals surface area contributed by atoms with Crippen LogP contribution in [0, 0.1) is 11.8 Å². The summed E-state index contributed by atoms with van der Waals surface area (Å²) in [6, 6.07) is -0.776. The zero-order valence-electron chi connectivity index (χ0n) is 12.3. The molecule has 0 rings (SSSR count). The highest BCUT2D eigenvalue weighted by Gasteiger charge is 2.21. The summed E-state index contributed by atoms with van der Waals surface area (Å²) in [7, 11) is 0. The van der Waals surface area contributed by atoms with Crippen molar-refractivity contribution in [2.75, 3.05) is 6.54 Å². The molecule has 0 spiro atoms. The standard InChI is InChI=1S/C14H28N2O3/c1-4-11(7-8-15)5-6-13(17)16-12(14(18)19)9-10(2)3/h10-12H,4-9,15H2,1-3H3,(H,16,17)(H,18,19). The van der Waals surface area contributed by atoms with Crippen molar-refractivity contribution in [2.45, 2.75) is 58.9 Å². The van der Waals surface area contributed by atoms with Gasteiger partial charge in [0.1, 0.15) is 6.04 Å². The Morgan fingerprint density at radius 2 is 1.89 bits per heavy atom. The Bertz CT molecular complexity index is 280. The van der Waals surface area contributed by atoms with Crippen LogP contribution < -0.4 is 11.1 Å². The maximum Gasteiger partial charge on any atom is 0.326 e. The molecule has 0 saturated heterocycles. The Balaban J connectivity index is 4.15. The highest BCUT2D eigenvalue weighted by molar-refractivity contribution is 5.83. The zero-order valence-corrected chi connectivity index (χ0v) is 12.3. The van der Waals surface area contributed by atoms with Gasteiger partial charge < -0.3 is 16.2 Å². The van der Waals surface area contributed by atoms with Gasteiger partial charge in [-0.3, -0.25) is 4.79 Å². The molecule has 5 heteroatoms. The van der Waals surface area contributed by atoms with Crippen LogP contribution in [0.4, 0.5) is 0 Å². The van der Waals surface area contributed by atoms with E-state index in [-0.39, 0.29) is 11.8 Å². The quantitative estimate of drug-likeness (QED) is 0.565. The van der Waals surface area contributed by atoms with Crippen molar-refractivity contribution in [2.24, 2.45) is 17.6 Å². The maximum absolute atomic E-state index is 11.8. The highest BCUT2D eigenvalue weighted by atomic mass is 16.4. The SMILES string of the molecule is CCC(CCN)CCC(=O)NC(CC(C)C)C(=O)O. The Kier molecular flexibility index (Phi) is 9.21. The minimum atomic E-state index is -0.962. The lowest BCUT2D eigenvalue weighted by atomic mass is 9.96. The Morgan fingerprint density at radius 3 is 2.32 bits per heavy atom. The number of carboxylic acid groups (broad SMARTS) is 1. The number of nitrogens with one attached hydrogen (secondary N) is 1. The fraction of sp³-hybridized carbons (Fsp3) is 0.857. The largest absolute Gasteiger partial charge is 0.480 e. The van der Waals surface area contributed by atoms with Crippen molar-refractivity contribution in [3.05, 3.63) is 0 Å². The summed E-state index contributed by atoms with van der Waals surface area (Å²) < 4.78 is 0. The number of rotatable bonds is 10.